The number of carbonyl (C=O) groups is 6. The number of carboxylic acid groups (broad SMARTS) is 1. The molecule has 0 radical (unpaired) electrons. The second kappa shape index (κ2) is 22.5. The predicted octanol–water partition coefficient (Wildman–Crippen LogP) is 4.90. The standard InChI is InChI=1S/C48H62N10O8.CH2O2/c1-28-20-38(42(60)52-35-22-36-26-64-27-48(23-35,54-36)44(62)65-46(2,3)4)49-25-37(28)31-12-8-29(9-13-31)21-39(43(61)51-34-18-16-32(17-19-34)40-55-57-58-56-40)53-41(59)33-14-10-30(11-15-33)24-50-45(63)66-47(5,6)7;2-1-3/h8-9,12-13,16-20,25,30,33,35-36,39,54H,10-11,14-15,21-24,26-27H2,1-7H3,(H,50,63)(H,51,61)(H,52,60)(H,53,59)(H,55,56,57,58);1H,(H,2,3)/t30?,33?,35?,36?,39-,48?;/m0./s1. The van der Waals surface area contributed by atoms with E-state index in [2.05, 4.69) is 52.2 Å². The second-order valence-corrected chi connectivity index (χ2v) is 19.9. The number of alkyl carbamates (subject to hydrolysis) is 1. The van der Waals surface area contributed by atoms with Crippen molar-refractivity contribution in [1.29, 1.82) is 0 Å². The first-order valence-electron chi connectivity index (χ1n) is 23.2. The molecule has 2 aromatic carbocycles. The minimum absolute atomic E-state index is 0.110. The van der Waals surface area contributed by atoms with Crippen LogP contribution in [0.3, 0.4) is 0 Å². The summed E-state index contributed by atoms with van der Waals surface area (Å²) >= 11 is 0. The number of hydrogen-bond acceptors (Lipinski definition) is 14. The molecule has 7 rings (SSSR count). The van der Waals surface area contributed by atoms with Gasteiger partial charge >= 0.3 is 12.1 Å². The van der Waals surface area contributed by atoms with Crippen LogP contribution in [0.25, 0.3) is 22.5 Å². The van der Waals surface area contributed by atoms with Gasteiger partial charge in [0.2, 0.25) is 17.6 Å². The quantitative estimate of drug-likeness (QED) is 0.0694. The molecule has 69 heavy (non-hydrogen) atoms. The number of aryl methyl sites for hydroxylation is 1. The van der Waals surface area contributed by atoms with Crippen molar-refractivity contribution in [1.82, 2.24) is 46.9 Å². The number of benzene rings is 2. The zero-order valence-corrected chi connectivity index (χ0v) is 40.2. The van der Waals surface area contributed by atoms with Crippen molar-refractivity contribution >= 4 is 41.9 Å². The summed E-state index contributed by atoms with van der Waals surface area (Å²) in [7, 11) is 0. The molecule has 3 unspecified atom stereocenters. The van der Waals surface area contributed by atoms with Crippen molar-refractivity contribution in [2.75, 3.05) is 25.1 Å². The lowest BCUT2D eigenvalue weighted by Crippen LogP contribution is -2.70. The van der Waals surface area contributed by atoms with Gasteiger partial charge in [-0.3, -0.25) is 29.5 Å². The topological polar surface area (TPSA) is 278 Å². The Hall–Kier alpha value is -6.80. The summed E-state index contributed by atoms with van der Waals surface area (Å²) in [5.41, 5.74) is 2.58. The Kier molecular flexibility index (Phi) is 16.9. The highest BCUT2D eigenvalue weighted by Gasteiger charge is 2.51. The van der Waals surface area contributed by atoms with E-state index in [-0.39, 0.29) is 66.8 Å². The number of anilines is 1. The number of esters is 1. The van der Waals surface area contributed by atoms with Gasteiger partial charge in [0.05, 0.1) is 13.2 Å². The molecule has 370 valence electrons. The van der Waals surface area contributed by atoms with Crippen LogP contribution in [0.2, 0.25) is 0 Å². The SMILES string of the molecule is Cc1cc(C(=O)NC2CC3COCC(C(=O)OC(C)(C)C)(C2)N3)ncc1-c1ccc(C[C@H](NC(=O)C2CCC(CNC(=O)OC(C)(C)C)CC2)C(=O)Nc2ccc(-c3nn[nH]n3)cc2)cc1.O=CO. The number of ether oxygens (including phenoxy) is 3. The minimum atomic E-state index is -1.05. The van der Waals surface area contributed by atoms with Gasteiger partial charge in [-0.15, -0.1) is 10.2 Å². The number of rotatable bonds is 13. The molecule has 2 saturated heterocycles. The number of aromatic nitrogens is 5. The number of nitrogens with one attached hydrogen (secondary N) is 6. The molecule has 20 nitrogen and oxygen atoms in total. The molecule has 20 heteroatoms. The van der Waals surface area contributed by atoms with Gasteiger partial charge in [-0.1, -0.05) is 24.3 Å². The van der Waals surface area contributed by atoms with E-state index in [0.29, 0.717) is 50.3 Å². The van der Waals surface area contributed by atoms with Gasteiger partial charge in [0.15, 0.2) is 0 Å². The van der Waals surface area contributed by atoms with Crippen molar-refractivity contribution in [2.24, 2.45) is 11.8 Å². The van der Waals surface area contributed by atoms with E-state index in [1.165, 1.54) is 0 Å². The molecule has 3 aliphatic rings. The lowest BCUT2D eigenvalue weighted by atomic mass is 9.81. The van der Waals surface area contributed by atoms with Crippen molar-refractivity contribution in [3.05, 3.63) is 77.6 Å². The van der Waals surface area contributed by atoms with Gasteiger partial charge < -0.3 is 40.6 Å². The summed E-state index contributed by atoms with van der Waals surface area (Å²) < 4.78 is 16.9. The molecule has 2 aliphatic heterocycles. The van der Waals surface area contributed by atoms with Crippen LogP contribution in [0.1, 0.15) is 102 Å². The summed E-state index contributed by atoms with van der Waals surface area (Å²) in [5, 5.41) is 36.3. The van der Waals surface area contributed by atoms with E-state index in [1.807, 2.05) is 72.7 Å². The van der Waals surface area contributed by atoms with E-state index in [9.17, 15) is 24.0 Å². The van der Waals surface area contributed by atoms with Gasteiger partial charge in [0.25, 0.3) is 12.4 Å². The molecule has 2 bridgehead atoms. The van der Waals surface area contributed by atoms with E-state index in [1.54, 1.807) is 36.5 Å². The number of piperidine rings is 1. The molecule has 1 saturated carbocycles. The van der Waals surface area contributed by atoms with Gasteiger partial charge in [-0.2, -0.15) is 5.21 Å². The average Bonchev–Trinajstić information content (AvgIpc) is 3.83. The molecule has 0 spiro atoms. The third kappa shape index (κ3) is 14.6. The first kappa shape index (κ1) is 51.6. The largest absolute Gasteiger partial charge is 0.483 e. The normalized spacial score (nSPS) is 21.5. The van der Waals surface area contributed by atoms with Gasteiger partial charge in [-0.05, 0) is 145 Å². The van der Waals surface area contributed by atoms with Crippen LogP contribution in [-0.2, 0) is 39.8 Å². The predicted molar refractivity (Wildman–Crippen MR) is 253 cm³/mol. The molecule has 4 aromatic rings. The first-order valence-corrected chi connectivity index (χ1v) is 23.2. The Morgan fingerprint density at radius 2 is 1.61 bits per heavy atom. The monoisotopic (exact) mass is 952 g/mol. The fraction of sp³-hybridized carbons (Fsp3) is 0.510. The average molecular weight is 953 g/mol. The highest BCUT2D eigenvalue weighted by atomic mass is 16.6. The Morgan fingerprint density at radius 3 is 2.23 bits per heavy atom. The number of pyridine rings is 1. The summed E-state index contributed by atoms with van der Waals surface area (Å²) in [6.07, 6.45) is 5.13. The molecule has 4 atom stereocenters. The highest BCUT2D eigenvalue weighted by molar-refractivity contribution is 5.98. The molecule has 1 aliphatic carbocycles. The Balaban J connectivity index is 0.00000254. The maximum atomic E-state index is 14.0. The first-order chi connectivity index (χ1) is 32.7. The minimum Gasteiger partial charge on any atom is -0.483 e. The summed E-state index contributed by atoms with van der Waals surface area (Å²) in [6, 6.07) is 15.2. The molecular weight excluding hydrogens is 889 g/mol. The smallest absolute Gasteiger partial charge is 0.407 e. The number of amides is 4. The van der Waals surface area contributed by atoms with E-state index in [4.69, 9.17) is 24.1 Å². The Bertz CT molecular complexity index is 2410. The van der Waals surface area contributed by atoms with Crippen molar-refractivity contribution in [3.8, 4) is 22.5 Å². The van der Waals surface area contributed by atoms with E-state index in [0.717, 1.165) is 40.7 Å². The van der Waals surface area contributed by atoms with Gasteiger partial charge in [-0.25, -0.2) is 9.59 Å². The maximum Gasteiger partial charge on any atom is 0.407 e. The van der Waals surface area contributed by atoms with Crippen LogP contribution in [0.5, 0.6) is 0 Å². The summed E-state index contributed by atoms with van der Waals surface area (Å²) in [5.74, 6) is -0.923. The van der Waals surface area contributed by atoms with Crippen molar-refractivity contribution < 1.29 is 48.1 Å². The lowest BCUT2D eigenvalue weighted by molar-refractivity contribution is -0.173. The molecule has 7 N–H and O–H groups in total. The number of hydrogen-bond donors (Lipinski definition) is 7. The fourth-order valence-electron chi connectivity index (χ4n) is 8.81. The number of morpholine rings is 1. The zero-order chi connectivity index (χ0) is 49.9. The molecule has 3 fully saturated rings. The second-order valence-electron chi connectivity index (χ2n) is 19.9. The van der Waals surface area contributed by atoms with Crippen LogP contribution in [-0.4, -0.2) is 122 Å². The van der Waals surface area contributed by atoms with Crippen LogP contribution >= 0.6 is 0 Å². The molecule has 4 heterocycles. The number of fused-ring (bicyclic) bond motifs is 2. The van der Waals surface area contributed by atoms with Gasteiger partial charge in [0.1, 0.15) is 28.5 Å². The Morgan fingerprint density at radius 1 is 0.942 bits per heavy atom. The number of tetrazole rings is 1. The van der Waals surface area contributed by atoms with E-state index >= 15 is 0 Å². The van der Waals surface area contributed by atoms with Crippen LogP contribution in [0.15, 0.2) is 60.8 Å². The summed E-state index contributed by atoms with van der Waals surface area (Å²) in [4.78, 5) is 79.7. The zero-order valence-electron chi connectivity index (χ0n) is 40.2. The highest BCUT2D eigenvalue weighted by Crippen LogP contribution is 2.32. The van der Waals surface area contributed by atoms with Crippen LogP contribution < -0.4 is 26.6 Å². The molecule has 4 amide bonds. The summed E-state index contributed by atoms with van der Waals surface area (Å²) in [6.45, 7) is 13.7. The van der Waals surface area contributed by atoms with Crippen LogP contribution in [0, 0.1) is 18.8 Å². The Labute approximate surface area is 401 Å². The lowest BCUT2D eigenvalue weighted by Gasteiger charge is -2.47. The fourth-order valence-corrected chi connectivity index (χ4v) is 8.81. The van der Waals surface area contributed by atoms with E-state index < -0.39 is 34.8 Å². The van der Waals surface area contributed by atoms with Gasteiger partial charge in [0, 0.05) is 54.0 Å². The van der Waals surface area contributed by atoms with Crippen molar-refractivity contribution in [2.45, 2.75) is 128 Å². The molecular formula is C49H64N10O10. The van der Waals surface area contributed by atoms with Crippen LogP contribution in [0.4, 0.5) is 10.5 Å². The number of nitrogens with zero attached hydrogens (tertiary/aromatic N) is 4. The number of carbonyl (C=O) groups excluding carboxylic acids is 5. The molecule has 2 aromatic heterocycles. The maximum absolute atomic E-state index is 14.0. The third-order valence-corrected chi connectivity index (χ3v) is 12.0. The number of H-pyrrole nitrogens is 1. The van der Waals surface area contributed by atoms with Crippen molar-refractivity contribution in [3.63, 3.8) is 0 Å². The third-order valence-electron chi connectivity index (χ3n) is 12.0. The number of aromatic amines is 1.